The highest BCUT2D eigenvalue weighted by atomic mass is 35.5. The molecule has 4 rings (SSSR count). The van der Waals surface area contributed by atoms with Gasteiger partial charge < -0.3 is 5.32 Å². The first-order chi connectivity index (χ1) is 14.4. The van der Waals surface area contributed by atoms with Gasteiger partial charge in [0.25, 0.3) is 5.91 Å². The van der Waals surface area contributed by atoms with E-state index in [0.29, 0.717) is 31.3 Å². The number of amides is 1. The van der Waals surface area contributed by atoms with Gasteiger partial charge in [-0.3, -0.25) is 4.79 Å². The molecule has 30 heavy (non-hydrogen) atoms. The van der Waals surface area contributed by atoms with Crippen LogP contribution in [0.15, 0.2) is 72.9 Å². The van der Waals surface area contributed by atoms with Crippen molar-refractivity contribution < 1.29 is 4.79 Å². The first kappa shape index (κ1) is 20.8. The lowest BCUT2D eigenvalue weighted by Gasteiger charge is -2.08. The monoisotopic (exact) mass is 475 g/mol. The number of halogens is 4. The van der Waals surface area contributed by atoms with Crippen molar-refractivity contribution in [3.8, 4) is 16.9 Å². The van der Waals surface area contributed by atoms with E-state index in [1.165, 1.54) is 0 Å². The standard InChI is InChI=1S/C22H13Cl4N3O/c23-14-3-7-17(18(25)11-14)20-9-10-29(28-20)16-5-1-13(2-6-16)22(30)27-21-8-4-15(24)12-19(21)26/h1-12H,(H,27,30). The van der Waals surface area contributed by atoms with E-state index in [9.17, 15) is 4.79 Å². The van der Waals surface area contributed by atoms with E-state index in [0.717, 1.165) is 16.9 Å². The molecule has 0 saturated carbocycles. The van der Waals surface area contributed by atoms with Gasteiger partial charge in [-0.1, -0.05) is 46.4 Å². The molecule has 1 aromatic heterocycles. The summed E-state index contributed by atoms with van der Waals surface area (Å²) in [6.07, 6.45) is 1.82. The van der Waals surface area contributed by atoms with Gasteiger partial charge in [-0.05, 0) is 66.7 Å². The van der Waals surface area contributed by atoms with Crippen molar-refractivity contribution in [2.24, 2.45) is 0 Å². The van der Waals surface area contributed by atoms with Crippen LogP contribution >= 0.6 is 46.4 Å². The zero-order chi connectivity index (χ0) is 21.3. The summed E-state index contributed by atoms with van der Waals surface area (Å²) in [6.45, 7) is 0. The summed E-state index contributed by atoms with van der Waals surface area (Å²) in [4.78, 5) is 12.5. The van der Waals surface area contributed by atoms with E-state index in [2.05, 4.69) is 10.4 Å². The number of anilines is 1. The summed E-state index contributed by atoms with van der Waals surface area (Å²) in [6, 6.07) is 19.1. The van der Waals surface area contributed by atoms with Crippen LogP contribution in [0.5, 0.6) is 0 Å². The molecule has 4 aromatic rings. The predicted octanol–water partition coefficient (Wildman–Crippen LogP) is 7.41. The summed E-state index contributed by atoms with van der Waals surface area (Å²) >= 11 is 24.2. The highest BCUT2D eigenvalue weighted by Crippen LogP contribution is 2.30. The highest BCUT2D eigenvalue weighted by Gasteiger charge is 2.11. The number of carbonyl (C=O) groups excluding carboxylic acids is 1. The molecule has 1 N–H and O–H groups in total. The highest BCUT2D eigenvalue weighted by molar-refractivity contribution is 6.37. The summed E-state index contributed by atoms with van der Waals surface area (Å²) in [5.41, 5.74) is 3.28. The third-order valence-electron chi connectivity index (χ3n) is 4.37. The maximum absolute atomic E-state index is 12.5. The molecule has 0 unspecified atom stereocenters. The molecular weight excluding hydrogens is 464 g/mol. The van der Waals surface area contributed by atoms with Crippen molar-refractivity contribution in [2.45, 2.75) is 0 Å². The van der Waals surface area contributed by atoms with Crippen LogP contribution in [-0.4, -0.2) is 15.7 Å². The van der Waals surface area contributed by atoms with E-state index in [1.54, 1.807) is 59.3 Å². The third-order valence-corrected chi connectivity index (χ3v) is 5.47. The molecule has 0 aliphatic carbocycles. The van der Waals surface area contributed by atoms with Gasteiger partial charge in [-0.25, -0.2) is 4.68 Å². The SMILES string of the molecule is O=C(Nc1ccc(Cl)cc1Cl)c1ccc(-n2ccc(-c3ccc(Cl)cc3Cl)n2)cc1. The van der Waals surface area contributed by atoms with E-state index < -0.39 is 0 Å². The molecule has 0 aliphatic rings. The second-order valence-electron chi connectivity index (χ2n) is 6.39. The predicted molar refractivity (Wildman–Crippen MR) is 123 cm³/mol. The Labute approximate surface area is 192 Å². The summed E-state index contributed by atoms with van der Waals surface area (Å²) < 4.78 is 1.71. The Morgan fingerprint density at radius 1 is 0.800 bits per heavy atom. The van der Waals surface area contributed by atoms with Crippen molar-refractivity contribution in [3.63, 3.8) is 0 Å². The Morgan fingerprint density at radius 2 is 1.47 bits per heavy atom. The average molecular weight is 477 g/mol. The van der Waals surface area contributed by atoms with Crippen LogP contribution in [0.2, 0.25) is 20.1 Å². The van der Waals surface area contributed by atoms with Crippen molar-refractivity contribution in [3.05, 3.63) is 98.6 Å². The van der Waals surface area contributed by atoms with Crippen LogP contribution in [0.4, 0.5) is 5.69 Å². The number of aromatic nitrogens is 2. The van der Waals surface area contributed by atoms with E-state index >= 15 is 0 Å². The number of hydrogen-bond acceptors (Lipinski definition) is 2. The lowest BCUT2D eigenvalue weighted by Crippen LogP contribution is -2.12. The van der Waals surface area contributed by atoms with Crippen molar-refractivity contribution in [1.82, 2.24) is 9.78 Å². The Balaban J connectivity index is 1.52. The van der Waals surface area contributed by atoms with Gasteiger partial charge in [0, 0.05) is 27.4 Å². The van der Waals surface area contributed by atoms with Crippen LogP contribution in [-0.2, 0) is 0 Å². The Bertz CT molecular complexity index is 1240. The summed E-state index contributed by atoms with van der Waals surface area (Å²) in [7, 11) is 0. The molecule has 4 nitrogen and oxygen atoms in total. The summed E-state index contributed by atoms with van der Waals surface area (Å²) in [5, 5.41) is 9.30. The fourth-order valence-electron chi connectivity index (χ4n) is 2.86. The zero-order valence-electron chi connectivity index (χ0n) is 15.2. The van der Waals surface area contributed by atoms with E-state index in [-0.39, 0.29) is 5.91 Å². The summed E-state index contributed by atoms with van der Waals surface area (Å²) in [5.74, 6) is -0.278. The number of nitrogens with one attached hydrogen (secondary N) is 1. The number of benzene rings is 3. The first-order valence-corrected chi connectivity index (χ1v) is 10.3. The smallest absolute Gasteiger partial charge is 0.255 e. The van der Waals surface area contributed by atoms with Gasteiger partial charge in [-0.2, -0.15) is 5.10 Å². The Hall–Kier alpha value is -2.50. The van der Waals surface area contributed by atoms with Gasteiger partial charge in [-0.15, -0.1) is 0 Å². The average Bonchev–Trinajstić information content (AvgIpc) is 3.20. The molecule has 0 bridgehead atoms. The maximum atomic E-state index is 12.5. The van der Waals surface area contributed by atoms with Crippen LogP contribution in [0.25, 0.3) is 16.9 Å². The minimum absolute atomic E-state index is 0.278. The molecule has 0 radical (unpaired) electrons. The molecule has 1 heterocycles. The van der Waals surface area contributed by atoms with Crippen LogP contribution in [0, 0.1) is 0 Å². The Morgan fingerprint density at radius 3 is 2.13 bits per heavy atom. The van der Waals surface area contributed by atoms with Gasteiger partial charge in [0.05, 0.1) is 27.1 Å². The molecule has 8 heteroatoms. The maximum Gasteiger partial charge on any atom is 0.255 e. The van der Waals surface area contributed by atoms with Gasteiger partial charge in [0.1, 0.15) is 0 Å². The number of rotatable bonds is 4. The number of nitrogens with zero attached hydrogens (tertiary/aromatic N) is 2. The minimum atomic E-state index is -0.278. The molecule has 3 aromatic carbocycles. The van der Waals surface area contributed by atoms with Crippen LogP contribution in [0.3, 0.4) is 0 Å². The second kappa shape index (κ2) is 8.70. The molecule has 150 valence electrons. The van der Waals surface area contributed by atoms with Gasteiger partial charge in [0.2, 0.25) is 0 Å². The lowest BCUT2D eigenvalue weighted by molar-refractivity contribution is 0.102. The topological polar surface area (TPSA) is 46.9 Å². The molecular formula is C22H13Cl4N3O. The molecule has 0 spiro atoms. The third kappa shape index (κ3) is 4.47. The quantitative estimate of drug-likeness (QED) is 0.333. The fourth-order valence-corrected chi connectivity index (χ4v) is 3.82. The van der Waals surface area contributed by atoms with E-state index in [4.69, 9.17) is 46.4 Å². The van der Waals surface area contributed by atoms with Crippen molar-refractivity contribution in [2.75, 3.05) is 5.32 Å². The van der Waals surface area contributed by atoms with Gasteiger partial charge >= 0.3 is 0 Å². The van der Waals surface area contributed by atoms with Crippen molar-refractivity contribution in [1.29, 1.82) is 0 Å². The number of hydrogen-bond donors (Lipinski definition) is 1. The molecule has 0 aliphatic heterocycles. The van der Waals surface area contributed by atoms with Crippen molar-refractivity contribution >= 4 is 58.0 Å². The first-order valence-electron chi connectivity index (χ1n) is 8.78. The second-order valence-corrected chi connectivity index (χ2v) is 8.08. The minimum Gasteiger partial charge on any atom is -0.321 e. The largest absolute Gasteiger partial charge is 0.321 e. The zero-order valence-corrected chi connectivity index (χ0v) is 18.3. The van der Waals surface area contributed by atoms with Crippen LogP contribution < -0.4 is 5.32 Å². The Kier molecular flexibility index (Phi) is 6.02. The van der Waals surface area contributed by atoms with Crippen LogP contribution in [0.1, 0.15) is 10.4 Å². The molecule has 0 saturated heterocycles. The van der Waals surface area contributed by atoms with Gasteiger partial charge in [0.15, 0.2) is 0 Å². The molecule has 0 fully saturated rings. The fraction of sp³-hybridized carbons (Fsp3) is 0. The molecule has 1 amide bonds. The normalized spacial score (nSPS) is 10.8. The molecule has 0 atom stereocenters. The van der Waals surface area contributed by atoms with E-state index in [1.807, 2.05) is 18.3 Å². The number of carbonyl (C=O) groups is 1. The lowest BCUT2D eigenvalue weighted by atomic mass is 10.1.